The molecule has 1 aliphatic heterocycles. The maximum Gasteiger partial charge on any atom is 0.416 e. The van der Waals surface area contributed by atoms with Crippen molar-refractivity contribution in [1.29, 1.82) is 0 Å². The Bertz CT molecular complexity index is 587. The highest BCUT2D eigenvalue weighted by molar-refractivity contribution is 5.89. The molecule has 1 aromatic rings. The quantitative estimate of drug-likeness (QED) is 0.775. The number of alkyl halides is 3. The number of nitrogens with one attached hydrogen (secondary N) is 1. The molecule has 26 heavy (non-hydrogen) atoms. The Morgan fingerprint density at radius 1 is 0.923 bits per heavy atom. The van der Waals surface area contributed by atoms with Gasteiger partial charge in [-0.25, -0.2) is 4.79 Å². The molecule has 2 amide bonds. The van der Waals surface area contributed by atoms with Crippen molar-refractivity contribution in [1.82, 2.24) is 9.80 Å². The molecule has 0 radical (unpaired) electrons. The summed E-state index contributed by atoms with van der Waals surface area (Å²) in [5, 5.41) is 2.70. The molecule has 0 atom stereocenters. The van der Waals surface area contributed by atoms with Crippen LogP contribution in [0.2, 0.25) is 0 Å². The molecular formula is C19H26F3N3O. The largest absolute Gasteiger partial charge is 0.416 e. The van der Waals surface area contributed by atoms with Gasteiger partial charge in [-0.05, 0) is 37.1 Å². The van der Waals surface area contributed by atoms with E-state index in [9.17, 15) is 18.0 Å². The molecule has 1 aliphatic carbocycles. The lowest BCUT2D eigenvalue weighted by Gasteiger charge is -2.39. The lowest BCUT2D eigenvalue weighted by atomic mass is 10.1. The number of anilines is 1. The molecule has 1 aromatic carbocycles. The number of nitrogens with zero attached hydrogens (tertiary/aromatic N) is 2. The molecule has 1 saturated carbocycles. The highest BCUT2D eigenvalue weighted by Crippen LogP contribution is 2.30. The van der Waals surface area contributed by atoms with E-state index in [1.165, 1.54) is 50.7 Å². The summed E-state index contributed by atoms with van der Waals surface area (Å²) in [5.74, 6) is 0. The summed E-state index contributed by atoms with van der Waals surface area (Å²) in [7, 11) is 0. The van der Waals surface area contributed by atoms with Gasteiger partial charge in [0.2, 0.25) is 0 Å². The van der Waals surface area contributed by atoms with Crippen LogP contribution in [0, 0.1) is 0 Å². The van der Waals surface area contributed by atoms with Crippen molar-refractivity contribution in [2.24, 2.45) is 0 Å². The van der Waals surface area contributed by atoms with Gasteiger partial charge in [0.15, 0.2) is 0 Å². The average Bonchev–Trinajstić information content (AvgIpc) is 2.91. The molecule has 2 fully saturated rings. The maximum atomic E-state index is 12.6. The number of amides is 2. The van der Waals surface area contributed by atoms with Gasteiger partial charge in [-0.15, -0.1) is 0 Å². The molecule has 4 nitrogen and oxygen atoms in total. The van der Waals surface area contributed by atoms with Crippen LogP contribution in [0.4, 0.5) is 23.7 Å². The summed E-state index contributed by atoms with van der Waals surface area (Å²) in [6, 6.07) is 4.95. The normalized spacial score (nSPS) is 20.7. The minimum absolute atomic E-state index is 0.245. The zero-order valence-electron chi connectivity index (χ0n) is 14.9. The first-order valence-electron chi connectivity index (χ1n) is 9.41. The summed E-state index contributed by atoms with van der Waals surface area (Å²) >= 11 is 0. The number of piperazine rings is 1. The number of hydrogen-bond acceptors (Lipinski definition) is 2. The van der Waals surface area contributed by atoms with Gasteiger partial charge in [0, 0.05) is 37.9 Å². The van der Waals surface area contributed by atoms with Gasteiger partial charge in [0.25, 0.3) is 0 Å². The molecule has 1 heterocycles. The molecule has 7 heteroatoms. The van der Waals surface area contributed by atoms with Crippen LogP contribution in [-0.2, 0) is 6.18 Å². The molecule has 0 bridgehead atoms. The highest BCUT2D eigenvalue weighted by Gasteiger charge is 2.30. The third-order valence-corrected chi connectivity index (χ3v) is 5.41. The van der Waals surface area contributed by atoms with Gasteiger partial charge in [-0.2, -0.15) is 13.2 Å². The summed E-state index contributed by atoms with van der Waals surface area (Å²) in [5.41, 5.74) is -0.332. The molecule has 0 spiro atoms. The summed E-state index contributed by atoms with van der Waals surface area (Å²) in [6.45, 7) is 3.04. The Balaban J connectivity index is 1.49. The van der Waals surface area contributed by atoms with Gasteiger partial charge in [-0.1, -0.05) is 25.7 Å². The van der Waals surface area contributed by atoms with Crippen LogP contribution in [0.3, 0.4) is 0 Å². The fraction of sp³-hybridized carbons (Fsp3) is 0.632. The van der Waals surface area contributed by atoms with Gasteiger partial charge in [0.05, 0.1) is 5.56 Å². The van der Waals surface area contributed by atoms with Crippen molar-refractivity contribution in [2.75, 3.05) is 31.5 Å². The summed E-state index contributed by atoms with van der Waals surface area (Å²) < 4.78 is 37.8. The van der Waals surface area contributed by atoms with E-state index in [4.69, 9.17) is 0 Å². The number of halogens is 3. The van der Waals surface area contributed by atoms with E-state index >= 15 is 0 Å². The van der Waals surface area contributed by atoms with Gasteiger partial charge >= 0.3 is 12.2 Å². The fourth-order valence-electron chi connectivity index (χ4n) is 3.86. The van der Waals surface area contributed by atoms with E-state index in [1.54, 1.807) is 4.90 Å². The van der Waals surface area contributed by atoms with Crippen molar-refractivity contribution >= 4 is 11.7 Å². The Kier molecular flexibility index (Phi) is 6.06. The molecule has 1 N–H and O–H groups in total. The molecule has 1 saturated heterocycles. The Morgan fingerprint density at radius 3 is 2.04 bits per heavy atom. The van der Waals surface area contributed by atoms with E-state index in [2.05, 4.69) is 10.2 Å². The molecule has 2 aliphatic rings. The SMILES string of the molecule is O=C(Nc1ccc(C(F)(F)F)cc1)N1CCN(C2CCCCCC2)CC1. The van der Waals surface area contributed by atoms with Crippen molar-refractivity contribution in [2.45, 2.75) is 50.7 Å². The maximum absolute atomic E-state index is 12.6. The van der Waals surface area contributed by atoms with E-state index in [1.807, 2.05) is 0 Å². The molecule has 3 rings (SSSR count). The van der Waals surface area contributed by atoms with E-state index in [-0.39, 0.29) is 6.03 Å². The molecular weight excluding hydrogens is 343 g/mol. The van der Waals surface area contributed by atoms with Crippen LogP contribution in [0.15, 0.2) is 24.3 Å². The van der Waals surface area contributed by atoms with E-state index in [0.717, 1.165) is 25.2 Å². The first kappa shape index (κ1) is 19.0. The number of urea groups is 1. The summed E-state index contributed by atoms with van der Waals surface area (Å²) in [6.07, 6.45) is 3.36. The van der Waals surface area contributed by atoms with Gasteiger partial charge < -0.3 is 10.2 Å². The predicted octanol–water partition coefficient (Wildman–Crippen LogP) is 4.58. The zero-order chi connectivity index (χ0) is 18.6. The molecule has 0 aromatic heterocycles. The first-order valence-corrected chi connectivity index (χ1v) is 9.41. The lowest BCUT2D eigenvalue weighted by molar-refractivity contribution is -0.137. The Labute approximate surface area is 152 Å². The predicted molar refractivity (Wildman–Crippen MR) is 95.1 cm³/mol. The van der Waals surface area contributed by atoms with Crippen LogP contribution in [-0.4, -0.2) is 48.1 Å². The fourth-order valence-corrected chi connectivity index (χ4v) is 3.86. The van der Waals surface area contributed by atoms with Crippen molar-refractivity contribution in [3.05, 3.63) is 29.8 Å². The van der Waals surface area contributed by atoms with Crippen LogP contribution >= 0.6 is 0 Å². The highest BCUT2D eigenvalue weighted by atomic mass is 19.4. The summed E-state index contributed by atoms with van der Waals surface area (Å²) in [4.78, 5) is 16.6. The second kappa shape index (κ2) is 8.29. The van der Waals surface area contributed by atoms with Crippen LogP contribution in [0.1, 0.15) is 44.1 Å². The van der Waals surface area contributed by atoms with Crippen LogP contribution < -0.4 is 5.32 Å². The minimum atomic E-state index is -4.36. The topological polar surface area (TPSA) is 35.6 Å². The number of rotatable bonds is 2. The molecule has 144 valence electrons. The number of carbonyl (C=O) groups is 1. The Hall–Kier alpha value is -1.76. The first-order chi connectivity index (χ1) is 12.4. The van der Waals surface area contributed by atoms with Crippen LogP contribution in [0.25, 0.3) is 0 Å². The van der Waals surface area contributed by atoms with E-state index < -0.39 is 11.7 Å². The van der Waals surface area contributed by atoms with Gasteiger partial charge in [-0.3, -0.25) is 4.90 Å². The monoisotopic (exact) mass is 369 g/mol. The standard InChI is InChI=1S/C19H26F3N3O/c20-19(21,22)15-7-9-16(10-8-15)23-18(26)25-13-11-24(12-14-25)17-5-3-1-2-4-6-17/h7-10,17H,1-6,11-14H2,(H,23,26). The third kappa shape index (κ3) is 4.90. The smallest absolute Gasteiger partial charge is 0.322 e. The zero-order valence-corrected chi connectivity index (χ0v) is 14.9. The van der Waals surface area contributed by atoms with Gasteiger partial charge in [0.1, 0.15) is 0 Å². The number of benzene rings is 1. The van der Waals surface area contributed by atoms with Crippen LogP contribution in [0.5, 0.6) is 0 Å². The second-order valence-electron chi connectivity index (χ2n) is 7.17. The lowest BCUT2D eigenvalue weighted by Crippen LogP contribution is -2.52. The minimum Gasteiger partial charge on any atom is -0.322 e. The molecule has 0 unspecified atom stereocenters. The second-order valence-corrected chi connectivity index (χ2v) is 7.17. The van der Waals surface area contributed by atoms with E-state index in [0.29, 0.717) is 24.8 Å². The number of carbonyl (C=O) groups excluding carboxylic acids is 1. The van der Waals surface area contributed by atoms with Crippen molar-refractivity contribution in [3.8, 4) is 0 Å². The Morgan fingerprint density at radius 2 is 1.50 bits per heavy atom. The average molecular weight is 369 g/mol. The number of hydrogen-bond donors (Lipinski definition) is 1. The van der Waals surface area contributed by atoms with Crippen molar-refractivity contribution in [3.63, 3.8) is 0 Å². The third-order valence-electron chi connectivity index (χ3n) is 5.41. The van der Waals surface area contributed by atoms with Crippen molar-refractivity contribution < 1.29 is 18.0 Å².